The first-order valence-corrected chi connectivity index (χ1v) is 7.51. The molecule has 2 rings (SSSR count). The van der Waals surface area contributed by atoms with Gasteiger partial charge in [0.05, 0.1) is 17.9 Å². The summed E-state index contributed by atoms with van der Waals surface area (Å²) in [5, 5.41) is 11.8. The molecule has 1 aromatic heterocycles. The summed E-state index contributed by atoms with van der Waals surface area (Å²) >= 11 is 0. The molecule has 5 heteroatoms. The standard InChI is InChI=1S/C18H20N2O3/c1-12(2)13(3)20-18(21)17-15(7-8-22-17)11-23-16-6-4-5-14(9-16)10-19/h4-9,12-13H,11H2,1-3H3,(H,20,21)/t13-/m0/s1. The van der Waals surface area contributed by atoms with Crippen LogP contribution in [0.2, 0.25) is 0 Å². The Morgan fingerprint density at radius 3 is 2.83 bits per heavy atom. The van der Waals surface area contributed by atoms with E-state index in [1.807, 2.05) is 20.8 Å². The van der Waals surface area contributed by atoms with Crippen LogP contribution >= 0.6 is 0 Å². The van der Waals surface area contributed by atoms with Gasteiger partial charge in [-0.25, -0.2) is 0 Å². The molecule has 0 fully saturated rings. The number of nitriles is 1. The Labute approximate surface area is 135 Å². The van der Waals surface area contributed by atoms with Crippen molar-refractivity contribution in [1.29, 1.82) is 5.26 Å². The van der Waals surface area contributed by atoms with E-state index < -0.39 is 0 Å². The number of carbonyl (C=O) groups is 1. The summed E-state index contributed by atoms with van der Waals surface area (Å²) in [6.07, 6.45) is 1.47. The largest absolute Gasteiger partial charge is 0.489 e. The minimum Gasteiger partial charge on any atom is -0.489 e. The van der Waals surface area contributed by atoms with Crippen molar-refractivity contribution >= 4 is 5.91 Å². The summed E-state index contributed by atoms with van der Waals surface area (Å²) in [5.41, 5.74) is 1.19. The first-order valence-electron chi connectivity index (χ1n) is 7.51. The highest BCUT2D eigenvalue weighted by Gasteiger charge is 2.19. The molecule has 1 aromatic carbocycles. The minimum atomic E-state index is -0.249. The quantitative estimate of drug-likeness (QED) is 0.885. The molecule has 0 aliphatic carbocycles. The maximum Gasteiger partial charge on any atom is 0.287 e. The predicted octanol–water partition coefficient (Wildman–Crippen LogP) is 3.50. The molecule has 1 amide bonds. The molecule has 0 unspecified atom stereocenters. The number of nitrogens with one attached hydrogen (secondary N) is 1. The highest BCUT2D eigenvalue weighted by Crippen LogP contribution is 2.17. The van der Waals surface area contributed by atoms with Crippen LogP contribution in [0.1, 0.15) is 42.5 Å². The van der Waals surface area contributed by atoms with Gasteiger partial charge in [-0.15, -0.1) is 0 Å². The molecule has 23 heavy (non-hydrogen) atoms. The number of carbonyl (C=O) groups excluding carboxylic acids is 1. The molecular formula is C18H20N2O3. The molecule has 0 aliphatic rings. The van der Waals surface area contributed by atoms with E-state index in [1.54, 1.807) is 30.3 Å². The normalized spacial score (nSPS) is 11.8. The Bertz CT molecular complexity index is 713. The van der Waals surface area contributed by atoms with E-state index in [0.717, 1.165) is 0 Å². The molecule has 5 nitrogen and oxygen atoms in total. The molecule has 1 atom stereocenters. The summed E-state index contributed by atoms with van der Waals surface area (Å²) in [6, 6.07) is 10.7. The molecule has 0 aliphatic heterocycles. The van der Waals surface area contributed by atoms with Crippen LogP contribution in [0.25, 0.3) is 0 Å². The SMILES string of the molecule is CC(C)[C@H](C)NC(=O)c1occc1COc1cccc(C#N)c1. The fraction of sp³-hybridized carbons (Fsp3) is 0.333. The summed E-state index contributed by atoms with van der Waals surface area (Å²) in [5.74, 6) is 0.920. The van der Waals surface area contributed by atoms with E-state index in [0.29, 0.717) is 22.8 Å². The Morgan fingerprint density at radius 2 is 2.13 bits per heavy atom. The Balaban J connectivity index is 2.03. The molecule has 120 valence electrons. The van der Waals surface area contributed by atoms with Gasteiger partial charge in [0.1, 0.15) is 12.4 Å². The highest BCUT2D eigenvalue weighted by molar-refractivity contribution is 5.93. The summed E-state index contributed by atoms with van der Waals surface area (Å²) < 4.78 is 10.9. The third kappa shape index (κ3) is 4.36. The van der Waals surface area contributed by atoms with Crippen molar-refractivity contribution in [3.63, 3.8) is 0 Å². The van der Waals surface area contributed by atoms with E-state index in [1.165, 1.54) is 6.26 Å². The molecule has 2 aromatic rings. The van der Waals surface area contributed by atoms with Crippen LogP contribution in [-0.2, 0) is 6.61 Å². The van der Waals surface area contributed by atoms with Gasteiger partial charge < -0.3 is 14.5 Å². The first kappa shape index (κ1) is 16.6. The van der Waals surface area contributed by atoms with Crippen LogP contribution in [0.3, 0.4) is 0 Å². The third-order valence-corrected chi connectivity index (χ3v) is 3.67. The van der Waals surface area contributed by atoms with E-state index in [4.69, 9.17) is 14.4 Å². The number of hydrogen-bond donors (Lipinski definition) is 1. The number of ether oxygens (including phenoxy) is 1. The second-order valence-corrected chi connectivity index (χ2v) is 5.71. The van der Waals surface area contributed by atoms with Gasteiger partial charge in [0.15, 0.2) is 5.76 Å². The van der Waals surface area contributed by atoms with Crippen LogP contribution in [0.4, 0.5) is 0 Å². The summed E-state index contributed by atoms with van der Waals surface area (Å²) in [7, 11) is 0. The van der Waals surface area contributed by atoms with Crippen molar-refractivity contribution in [3.8, 4) is 11.8 Å². The van der Waals surface area contributed by atoms with Crippen molar-refractivity contribution in [3.05, 3.63) is 53.5 Å². The van der Waals surface area contributed by atoms with Crippen LogP contribution in [0.15, 0.2) is 41.0 Å². The Hall–Kier alpha value is -2.74. The molecule has 0 bridgehead atoms. The zero-order valence-corrected chi connectivity index (χ0v) is 13.5. The zero-order valence-electron chi connectivity index (χ0n) is 13.5. The van der Waals surface area contributed by atoms with E-state index in [2.05, 4.69) is 11.4 Å². The average Bonchev–Trinajstić information content (AvgIpc) is 3.01. The highest BCUT2D eigenvalue weighted by atomic mass is 16.5. The second-order valence-electron chi connectivity index (χ2n) is 5.71. The van der Waals surface area contributed by atoms with Gasteiger partial charge in [-0.2, -0.15) is 5.26 Å². The molecule has 0 saturated heterocycles. The number of furan rings is 1. The number of rotatable bonds is 6. The van der Waals surface area contributed by atoms with Crippen molar-refractivity contribution in [2.75, 3.05) is 0 Å². The third-order valence-electron chi connectivity index (χ3n) is 3.67. The summed E-state index contributed by atoms with van der Waals surface area (Å²) in [6.45, 7) is 6.23. The topological polar surface area (TPSA) is 75.3 Å². The lowest BCUT2D eigenvalue weighted by molar-refractivity contribution is 0.0899. The molecule has 0 spiro atoms. The van der Waals surface area contributed by atoms with Crippen LogP contribution < -0.4 is 10.1 Å². The van der Waals surface area contributed by atoms with Crippen molar-refractivity contribution in [2.24, 2.45) is 5.92 Å². The monoisotopic (exact) mass is 312 g/mol. The summed E-state index contributed by atoms with van der Waals surface area (Å²) in [4.78, 5) is 12.2. The lowest BCUT2D eigenvalue weighted by Crippen LogP contribution is -2.36. The predicted molar refractivity (Wildman–Crippen MR) is 86.0 cm³/mol. The lowest BCUT2D eigenvalue weighted by Gasteiger charge is -2.17. The van der Waals surface area contributed by atoms with Crippen molar-refractivity contribution < 1.29 is 13.9 Å². The van der Waals surface area contributed by atoms with Gasteiger partial charge in [0, 0.05) is 11.6 Å². The first-order chi connectivity index (χ1) is 11.0. The Kier molecular flexibility index (Phi) is 5.42. The maximum absolute atomic E-state index is 12.2. The number of amides is 1. The van der Waals surface area contributed by atoms with Crippen molar-refractivity contribution in [1.82, 2.24) is 5.32 Å². The fourth-order valence-corrected chi connectivity index (χ4v) is 1.90. The van der Waals surface area contributed by atoms with E-state index >= 15 is 0 Å². The van der Waals surface area contributed by atoms with Crippen LogP contribution in [0.5, 0.6) is 5.75 Å². The number of benzene rings is 1. The van der Waals surface area contributed by atoms with Gasteiger partial charge in [-0.3, -0.25) is 4.79 Å². The van der Waals surface area contributed by atoms with E-state index in [9.17, 15) is 4.79 Å². The molecule has 0 saturated carbocycles. The maximum atomic E-state index is 12.2. The van der Waals surface area contributed by atoms with Crippen LogP contribution in [-0.4, -0.2) is 11.9 Å². The van der Waals surface area contributed by atoms with Crippen LogP contribution in [0, 0.1) is 17.2 Å². The zero-order chi connectivity index (χ0) is 16.8. The number of hydrogen-bond acceptors (Lipinski definition) is 4. The number of nitrogens with zero attached hydrogens (tertiary/aromatic N) is 1. The second kappa shape index (κ2) is 7.50. The van der Waals surface area contributed by atoms with Crippen molar-refractivity contribution in [2.45, 2.75) is 33.4 Å². The molecule has 1 heterocycles. The Morgan fingerprint density at radius 1 is 1.35 bits per heavy atom. The van der Waals surface area contributed by atoms with Gasteiger partial charge in [0.25, 0.3) is 5.91 Å². The van der Waals surface area contributed by atoms with Gasteiger partial charge >= 0.3 is 0 Å². The molecule has 0 radical (unpaired) electrons. The van der Waals surface area contributed by atoms with Gasteiger partial charge in [-0.05, 0) is 37.1 Å². The molecule has 1 N–H and O–H groups in total. The average molecular weight is 312 g/mol. The fourth-order valence-electron chi connectivity index (χ4n) is 1.90. The molecular weight excluding hydrogens is 292 g/mol. The lowest BCUT2D eigenvalue weighted by atomic mass is 10.1. The minimum absolute atomic E-state index is 0.0497. The van der Waals surface area contributed by atoms with Gasteiger partial charge in [0.2, 0.25) is 0 Å². The van der Waals surface area contributed by atoms with E-state index in [-0.39, 0.29) is 24.3 Å². The van der Waals surface area contributed by atoms with Gasteiger partial charge in [-0.1, -0.05) is 19.9 Å². The smallest absolute Gasteiger partial charge is 0.287 e.